The van der Waals surface area contributed by atoms with Gasteiger partial charge in [-0.15, -0.1) is 0 Å². The zero-order valence-electron chi connectivity index (χ0n) is 45.0. The molecule has 0 unspecified atom stereocenters. The Hall–Kier alpha value is -8.61. The van der Waals surface area contributed by atoms with Crippen molar-refractivity contribution in [3.8, 4) is 51.2 Å². The van der Waals surface area contributed by atoms with Gasteiger partial charge >= 0.3 is 0 Å². The Labute approximate surface area is 379 Å². The predicted molar refractivity (Wildman–Crippen MR) is 259 cm³/mol. The number of hydrogen-bond donors (Lipinski definition) is 0. The number of benzene rings is 9. The third kappa shape index (κ3) is 5.55. The molecule has 13 rings (SSSR count). The van der Waals surface area contributed by atoms with E-state index in [1.807, 2.05) is 91.0 Å². The summed E-state index contributed by atoms with van der Waals surface area (Å²) >= 11 is 0. The van der Waals surface area contributed by atoms with Crippen molar-refractivity contribution in [1.29, 1.82) is 0 Å². The van der Waals surface area contributed by atoms with Crippen molar-refractivity contribution in [2.75, 3.05) is 0 Å². The first kappa shape index (κ1) is 25.2. The van der Waals surface area contributed by atoms with Crippen LogP contribution in [0.2, 0.25) is 0 Å². The third-order valence-electron chi connectivity index (χ3n) is 11.6. The molecule has 9 aromatic carbocycles. The first-order valence-corrected chi connectivity index (χ1v) is 20.3. The topological polar surface area (TPSA) is 53.5 Å². The SMILES string of the molecule is [2H]c1c([2H])c([2H])c2c(c1[2H])c1cc(-n3c4c([2H])c([2H])c([2H])c([2H])c4c4c([2H])c([2H])c([2H])c([2H])c43)ccc1n2-c1cccc(-c2nc(-c3ccccc3)nc(-c3ccc4c(c3)c3ccccc3n4-c3ccccc3)n2)c1. The van der Waals surface area contributed by atoms with Gasteiger partial charge in [-0.2, -0.15) is 0 Å². The van der Waals surface area contributed by atoms with Gasteiger partial charge in [-0.1, -0.05) is 133 Å². The maximum atomic E-state index is 9.35. The van der Waals surface area contributed by atoms with E-state index in [9.17, 15) is 2.74 Å². The smallest absolute Gasteiger partial charge is 0.164 e. The van der Waals surface area contributed by atoms with E-state index in [-0.39, 0.29) is 50.5 Å². The fourth-order valence-electron chi connectivity index (χ4n) is 8.90. The summed E-state index contributed by atoms with van der Waals surface area (Å²) in [5.41, 5.74) is 6.39. The molecule has 0 aliphatic heterocycles. The van der Waals surface area contributed by atoms with Gasteiger partial charge in [0, 0.05) is 66.1 Å². The molecule has 0 saturated heterocycles. The Morgan fingerprint density at radius 2 is 0.730 bits per heavy atom. The Balaban J connectivity index is 1.03. The first-order valence-electron chi connectivity index (χ1n) is 26.3. The fraction of sp³-hybridized carbons (Fsp3) is 0. The normalized spacial score (nSPS) is 14.5. The van der Waals surface area contributed by atoms with Crippen molar-refractivity contribution in [3.05, 3.63) is 218 Å². The third-order valence-corrected chi connectivity index (χ3v) is 11.6. The minimum absolute atomic E-state index is 0.0776. The van der Waals surface area contributed by atoms with Gasteiger partial charge in [-0.3, -0.25) is 0 Å². The first-order chi connectivity index (χ1) is 36.2. The minimum atomic E-state index is -0.564. The Morgan fingerprint density at radius 3 is 1.41 bits per heavy atom. The highest BCUT2D eigenvalue weighted by Crippen LogP contribution is 2.39. The maximum absolute atomic E-state index is 9.35. The Morgan fingerprint density at radius 1 is 0.286 bits per heavy atom. The van der Waals surface area contributed by atoms with Gasteiger partial charge in [0.15, 0.2) is 17.5 Å². The van der Waals surface area contributed by atoms with E-state index in [0.717, 1.165) is 38.6 Å². The monoisotopic (exact) mass is 816 g/mol. The number of fused-ring (bicyclic) bond motifs is 9. The zero-order valence-corrected chi connectivity index (χ0v) is 33.0. The Kier molecular flexibility index (Phi) is 5.60. The van der Waals surface area contributed by atoms with Gasteiger partial charge in [-0.05, 0) is 84.9 Å². The maximum Gasteiger partial charge on any atom is 0.164 e. The lowest BCUT2D eigenvalue weighted by atomic mass is 10.1. The molecule has 0 fully saturated rings. The molecule has 63 heavy (non-hydrogen) atoms. The van der Waals surface area contributed by atoms with Crippen molar-refractivity contribution in [2.24, 2.45) is 0 Å². The van der Waals surface area contributed by atoms with E-state index < -0.39 is 60.4 Å². The summed E-state index contributed by atoms with van der Waals surface area (Å²) in [6.45, 7) is 0. The number of nitrogens with zero attached hydrogens (tertiary/aromatic N) is 6. The summed E-state index contributed by atoms with van der Waals surface area (Å²) in [6, 6.07) is 40.9. The van der Waals surface area contributed by atoms with E-state index in [1.165, 1.54) is 4.57 Å². The number of rotatable bonds is 6. The van der Waals surface area contributed by atoms with E-state index in [0.29, 0.717) is 39.6 Å². The molecule has 0 spiro atoms. The van der Waals surface area contributed by atoms with Gasteiger partial charge in [0.2, 0.25) is 0 Å². The van der Waals surface area contributed by atoms with Gasteiger partial charge in [0.25, 0.3) is 0 Å². The van der Waals surface area contributed by atoms with Crippen LogP contribution in [-0.2, 0) is 0 Å². The van der Waals surface area contributed by atoms with Crippen LogP contribution in [-0.4, -0.2) is 28.7 Å². The molecule has 6 nitrogen and oxygen atoms in total. The molecular formula is C57H36N6. The second-order valence-corrected chi connectivity index (χ2v) is 15.2. The van der Waals surface area contributed by atoms with Crippen LogP contribution in [0.1, 0.15) is 16.4 Å². The standard InChI is InChI=1S/C57H36N6/c1-3-16-37(17-4-1)55-58-56(60-57(59-55)39-30-32-53-47(35-39)45-24-9-13-28-51(45)61(53)40-19-5-2-6-20-40)38-18-15-21-41(34-38)62-52-29-14-10-25-46(52)48-36-42(31-33-54(48)62)63-49-26-11-7-22-43(49)44-23-8-12-27-50(44)63/h1-36H/i7D,8D,10D,11D,12D,14D,22D,23D,25D,26D,27D,29D. The van der Waals surface area contributed by atoms with Crippen molar-refractivity contribution >= 4 is 65.4 Å². The van der Waals surface area contributed by atoms with Crippen LogP contribution in [0.25, 0.3) is 117 Å². The summed E-state index contributed by atoms with van der Waals surface area (Å²) in [4.78, 5) is 15.2. The lowest BCUT2D eigenvalue weighted by molar-refractivity contribution is 1.07. The summed E-state index contributed by atoms with van der Waals surface area (Å²) in [6.07, 6.45) is 0. The molecule has 4 heterocycles. The molecule has 0 saturated carbocycles. The molecule has 0 bridgehead atoms. The number of para-hydroxylation sites is 5. The van der Waals surface area contributed by atoms with Crippen LogP contribution in [0, 0.1) is 0 Å². The van der Waals surface area contributed by atoms with Crippen molar-refractivity contribution < 1.29 is 16.4 Å². The molecule has 294 valence electrons. The predicted octanol–water partition coefficient (Wildman–Crippen LogP) is 14.2. The largest absolute Gasteiger partial charge is 0.309 e. The highest BCUT2D eigenvalue weighted by atomic mass is 15.0. The molecule has 0 radical (unpaired) electrons. The lowest BCUT2D eigenvalue weighted by Gasteiger charge is -2.12. The van der Waals surface area contributed by atoms with Crippen molar-refractivity contribution in [3.63, 3.8) is 0 Å². The molecule has 0 atom stereocenters. The molecular weight excluding hydrogens is 769 g/mol. The number of aromatic nitrogens is 6. The molecule has 0 aliphatic rings. The quantitative estimate of drug-likeness (QED) is 0.168. The summed E-state index contributed by atoms with van der Waals surface area (Å²) in [5.74, 6) is 1.21. The lowest BCUT2D eigenvalue weighted by Crippen LogP contribution is -2.01. The van der Waals surface area contributed by atoms with E-state index in [2.05, 4.69) is 41.0 Å². The van der Waals surface area contributed by atoms with E-state index in [4.69, 9.17) is 28.7 Å². The average molecular weight is 817 g/mol. The summed E-state index contributed by atoms with van der Waals surface area (Å²) < 4.78 is 112. The average Bonchev–Trinajstić information content (AvgIpc) is 4.18. The zero-order chi connectivity index (χ0) is 51.9. The molecule has 0 aliphatic carbocycles. The van der Waals surface area contributed by atoms with E-state index >= 15 is 0 Å². The molecule has 0 amide bonds. The van der Waals surface area contributed by atoms with E-state index in [1.54, 1.807) is 22.8 Å². The molecule has 4 aromatic heterocycles. The highest BCUT2D eigenvalue weighted by molar-refractivity contribution is 6.13. The van der Waals surface area contributed by atoms with Gasteiger partial charge in [0.1, 0.15) is 0 Å². The van der Waals surface area contributed by atoms with Crippen LogP contribution in [0.3, 0.4) is 0 Å². The fourth-order valence-corrected chi connectivity index (χ4v) is 8.90. The van der Waals surface area contributed by atoms with Crippen LogP contribution in [0.15, 0.2) is 218 Å². The van der Waals surface area contributed by atoms with Crippen LogP contribution in [0.4, 0.5) is 0 Å². The molecule has 13 aromatic rings. The summed E-state index contributed by atoms with van der Waals surface area (Å²) in [7, 11) is 0. The molecule has 6 heteroatoms. The van der Waals surface area contributed by atoms with Crippen LogP contribution >= 0.6 is 0 Å². The van der Waals surface area contributed by atoms with Crippen LogP contribution < -0.4 is 0 Å². The number of hydrogen-bond acceptors (Lipinski definition) is 3. The molecule has 0 N–H and O–H groups in total. The minimum Gasteiger partial charge on any atom is -0.309 e. The van der Waals surface area contributed by atoms with Gasteiger partial charge in [-0.25, -0.2) is 15.0 Å². The van der Waals surface area contributed by atoms with Crippen molar-refractivity contribution in [1.82, 2.24) is 28.7 Å². The van der Waals surface area contributed by atoms with Gasteiger partial charge < -0.3 is 13.7 Å². The highest BCUT2D eigenvalue weighted by Gasteiger charge is 2.19. The van der Waals surface area contributed by atoms with Gasteiger partial charge in [0.05, 0.1) is 49.5 Å². The van der Waals surface area contributed by atoms with Crippen LogP contribution in [0.5, 0.6) is 0 Å². The van der Waals surface area contributed by atoms with Crippen molar-refractivity contribution in [2.45, 2.75) is 0 Å². The second-order valence-electron chi connectivity index (χ2n) is 15.2. The Bertz CT molecular complexity index is 4550. The summed E-state index contributed by atoms with van der Waals surface area (Å²) in [5, 5.41) is 2.41. The second kappa shape index (κ2) is 14.0.